The maximum atomic E-state index is 5.87. The number of hydrogen-bond acceptors (Lipinski definition) is 5. The van der Waals surface area contributed by atoms with Crippen molar-refractivity contribution in [2.45, 2.75) is 72.8 Å². The molecule has 2 atom stereocenters. The van der Waals surface area contributed by atoms with Gasteiger partial charge in [0.2, 0.25) is 0 Å². The lowest BCUT2D eigenvalue weighted by molar-refractivity contribution is -0.0946. The Kier molecular flexibility index (Phi) is 7.43. The fourth-order valence-corrected chi connectivity index (χ4v) is 4.04. The fraction of sp³-hybridized carbons (Fsp3) is 0.789. The fourth-order valence-electron chi connectivity index (χ4n) is 3.18. The standard InChI is InChI=1S/C19H35N5OS/c1-8-20-18(21-9-17-23-15(4)16(5)26-17)22-12-19(6,7)24-10-13(2)25-14(3)11-24/h13-14H,8-12H2,1-7H3,(H2,20,21,22). The van der Waals surface area contributed by atoms with Crippen LogP contribution in [-0.2, 0) is 11.3 Å². The van der Waals surface area contributed by atoms with Gasteiger partial charge in [-0.15, -0.1) is 11.3 Å². The Morgan fingerprint density at radius 2 is 1.92 bits per heavy atom. The second-order valence-electron chi connectivity index (χ2n) is 7.77. The van der Waals surface area contributed by atoms with E-state index in [1.165, 1.54) is 4.88 Å². The number of aromatic nitrogens is 1. The van der Waals surface area contributed by atoms with Gasteiger partial charge in [0.25, 0.3) is 0 Å². The molecule has 0 aromatic carbocycles. The zero-order valence-corrected chi connectivity index (χ0v) is 18.2. The third-order valence-electron chi connectivity index (χ3n) is 4.75. The van der Waals surface area contributed by atoms with Crippen molar-refractivity contribution in [2.24, 2.45) is 4.99 Å². The molecule has 2 unspecified atom stereocenters. The summed E-state index contributed by atoms with van der Waals surface area (Å²) in [6.07, 6.45) is 0.549. The quantitative estimate of drug-likeness (QED) is 0.586. The van der Waals surface area contributed by atoms with Crippen molar-refractivity contribution in [1.82, 2.24) is 20.5 Å². The van der Waals surface area contributed by atoms with Crippen LogP contribution in [-0.4, -0.2) is 59.8 Å². The van der Waals surface area contributed by atoms with Crippen molar-refractivity contribution < 1.29 is 4.74 Å². The highest BCUT2D eigenvalue weighted by atomic mass is 32.1. The molecule has 0 aliphatic carbocycles. The molecule has 2 N–H and O–H groups in total. The lowest BCUT2D eigenvalue weighted by Crippen LogP contribution is -2.59. The Morgan fingerprint density at radius 1 is 1.27 bits per heavy atom. The van der Waals surface area contributed by atoms with Crippen molar-refractivity contribution in [2.75, 3.05) is 26.2 Å². The number of thiazole rings is 1. The summed E-state index contributed by atoms with van der Waals surface area (Å²) in [5.41, 5.74) is 1.13. The molecule has 1 saturated heterocycles. The molecular weight excluding hydrogens is 346 g/mol. The van der Waals surface area contributed by atoms with Gasteiger partial charge in [0.15, 0.2) is 5.96 Å². The molecule has 1 aliphatic rings. The first-order valence-corrected chi connectivity index (χ1v) is 10.4. The van der Waals surface area contributed by atoms with Crippen LogP contribution in [0.2, 0.25) is 0 Å². The highest BCUT2D eigenvalue weighted by Gasteiger charge is 2.33. The zero-order valence-electron chi connectivity index (χ0n) is 17.3. The van der Waals surface area contributed by atoms with Gasteiger partial charge in [-0.1, -0.05) is 0 Å². The summed E-state index contributed by atoms with van der Waals surface area (Å²) >= 11 is 1.73. The van der Waals surface area contributed by atoms with Crippen LogP contribution in [0.15, 0.2) is 4.99 Å². The molecule has 26 heavy (non-hydrogen) atoms. The predicted octanol–water partition coefficient (Wildman–Crippen LogP) is 2.70. The van der Waals surface area contributed by atoms with Gasteiger partial charge in [0, 0.05) is 36.6 Å². The van der Waals surface area contributed by atoms with Crippen LogP contribution in [0.5, 0.6) is 0 Å². The summed E-state index contributed by atoms with van der Waals surface area (Å²) in [4.78, 5) is 13.1. The van der Waals surface area contributed by atoms with E-state index in [0.29, 0.717) is 6.54 Å². The van der Waals surface area contributed by atoms with Crippen LogP contribution >= 0.6 is 11.3 Å². The lowest BCUT2D eigenvalue weighted by Gasteiger charge is -2.45. The summed E-state index contributed by atoms with van der Waals surface area (Å²) in [6, 6.07) is 0. The number of nitrogens with one attached hydrogen (secondary N) is 2. The Bertz CT molecular complexity index is 584. The lowest BCUT2D eigenvalue weighted by atomic mass is 10.00. The number of aliphatic imine (C=N–C) groups is 1. The van der Waals surface area contributed by atoms with E-state index >= 15 is 0 Å². The van der Waals surface area contributed by atoms with Crippen molar-refractivity contribution in [1.29, 1.82) is 0 Å². The van der Waals surface area contributed by atoms with Gasteiger partial charge in [-0.25, -0.2) is 9.98 Å². The van der Waals surface area contributed by atoms with Gasteiger partial charge < -0.3 is 15.4 Å². The van der Waals surface area contributed by atoms with Gasteiger partial charge >= 0.3 is 0 Å². The largest absolute Gasteiger partial charge is 0.373 e. The summed E-state index contributed by atoms with van der Waals surface area (Å²) in [6.45, 7) is 19.3. The number of hydrogen-bond donors (Lipinski definition) is 2. The molecule has 0 bridgehead atoms. The molecule has 1 aromatic rings. The van der Waals surface area contributed by atoms with E-state index in [-0.39, 0.29) is 17.7 Å². The molecule has 1 aliphatic heterocycles. The van der Waals surface area contributed by atoms with Crippen LogP contribution in [0.25, 0.3) is 0 Å². The predicted molar refractivity (Wildman–Crippen MR) is 110 cm³/mol. The van der Waals surface area contributed by atoms with Gasteiger partial charge in [-0.2, -0.15) is 0 Å². The third-order valence-corrected chi connectivity index (χ3v) is 5.81. The second kappa shape index (κ2) is 9.15. The number of ether oxygens (including phenoxy) is 1. The highest BCUT2D eigenvalue weighted by Crippen LogP contribution is 2.21. The maximum Gasteiger partial charge on any atom is 0.191 e. The molecule has 2 heterocycles. The average Bonchev–Trinajstić information content (AvgIpc) is 2.87. The normalized spacial score (nSPS) is 22.5. The van der Waals surface area contributed by atoms with E-state index in [1.807, 2.05) is 0 Å². The summed E-state index contributed by atoms with van der Waals surface area (Å²) in [5, 5.41) is 7.92. The average molecular weight is 382 g/mol. The Morgan fingerprint density at radius 3 is 2.46 bits per heavy atom. The highest BCUT2D eigenvalue weighted by molar-refractivity contribution is 7.11. The summed E-state index contributed by atoms with van der Waals surface area (Å²) in [5.74, 6) is 0.848. The Balaban J connectivity index is 1.96. The van der Waals surface area contributed by atoms with Crippen molar-refractivity contribution in [3.8, 4) is 0 Å². The molecular formula is C19H35N5OS. The minimum atomic E-state index is 0.0247. The molecule has 1 fully saturated rings. The maximum absolute atomic E-state index is 5.87. The number of guanidine groups is 1. The molecule has 6 nitrogen and oxygen atoms in total. The van der Waals surface area contributed by atoms with Gasteiger partial charge in [-0.05, 0) is 48.5 Å². The molecule has 0 spiro atoms. The van der Waals surface area contributed by atoms with E-state index in [9.17, 15) is 0 Å². The van der Waals surface area contributed by atoms with Crippen LogP contribution in [0, 0.1) is 13.8 Å². The third kappa shape index (κ3) is 5.93. The van der Waals surface area contributed by atoms with Crippen LogP contribution < -0.4 is 10.6 Å². The van der Waals surface area contributed by atoms with Gasteiger partial charge in [-0.3, -0.25) is 4.90 Å². The number of rotatable bonds is 6. The minimum absolute atomic E-state index is 0.0247. The van der Waals surface area contributed by atoms with E-state index in [1.54, 1.807) is 11.3 Å². The first kappa shape index (κ1) is 21.1. The van der Waals surface area contributed by atoms with Crippen molar-refractivity contribution >= 4 is 17.3 Å². The molecule has 148 valence electrons. The summed E-state index contributed by atoms with van der Waals surface area (Å²) < 4.78 is 5.87. The molecule has 7 heteroatoms. The Hall–Kier alpha value is -1.18. The van der Waals surface area contributed by atoms with E-state index in [2.05, 4.69) is 69.0 Å². The van der Waals surface area contributed by atoms with E-state index in [4.69, 9.17) is 9.73 Å². The number of nitrogens with zero attached hydrogens (tertiary/aromatic N) is 3. The molecule has 0 radical (unpaired) electrons. The molecule has 1 aromatic heterocycles. The van der Waals surface area contributed by atoms with E-state index < -0.39 is 0 Å². The first-order valence-electron chi connectivity index (χ1n) is 9.57. The molecule has 0 amide bonds. The number of aryl methyl sites for hydroxylation is 2. The monoisotopic (exact) mass is 381 g/mol. The topological polar surface area (TPSA) is 61.8 Å². The smallest absolute Gasteiger partial charge is 0.191 e. The van der Waals surface area contributed by atoms with Gasteiger partial charge in [0.1, 0.15) is 5.01 Å². The molecule has 0 saturated carbocycles. The minimum Gasteiger partial charge on any atom is -0.373 e. The van der Waals surface area contributed by atoms with E-state index in [0.717, 1.165) is 42.8 Å². The van der Waals surface area contributed by atoms with Crippen LogP contribution in [0.1, 0.15) is 50.2 Å². The second-order valence-corrected chi connectivity index (χ2v) is 9.06. The van der Waals surface area contributed by atoms with Gasteiger partial charge in [0.05, 0.1) is 24.4 Å². The number of morpholine rings is 1. The first-order chi connectivity index (χ1) is 12.2. The van der Waals surface area contributed by atoms with Crippen molar-refractivity contribution in [3.05, 3.63) is 15.6 Å². The van der Waals surface area contributed by atoms with Crippen LogP contribution in [0.4, 0.5) is 0 Å². The SMILES string of the molecule is CCNC(=NCc1nc(C)c(C)s1)NCC(C)(C)N1CC(C)OC(C)C1. The zero-order chi connectivity index (χ0) is 19.3. The Labute approximate surface area is 162 Å². The summed E-state index contributed by atoms with van der Waals surface area (Å²) in [7, 11) is 0. The molecule has 2 rings (SSSR count). The van der Waals surface area contributed by atoms with Crippen LogP contribution in [0.3, 0.4) is 0 Å². The van der Waals surface area contributed by atoms with Crippen molar-refractivity contribution in [3.63, 3.8) is 0 Å².